The molecule has 0 saturated heterocycles. The zero-order valence-electron chi connectivity index (χ0n) is 10.1. The van der Waals surface area contributed by atoms with E-state index in [9.17, 15) is 0 Å². The normalized spacial score (nSPS) is 17.2. The van der Waals surface area contributed by atoms with Gasteiger partial charge in [-0.05, 0) is 26.8 Å². The molecule has 0 aliphatic carbocycles. The van der Waals surface area contributed by atoms with Crippen LogP contribution in [0.15, 0.2) is 6.07 Å². The SMILES string of the molecule is Cc1[nH]nc2c1cc1n2CCN(C(C)C)C1. The highest BCUT2D eigenvalue weighted by molar-refractivity contribution is 5.80. The van der Waals surface area contributed by atoms with Crippen molar-refractivity contribution in [2.45, 2.75) is 39.9 Å². The van der Waals surface area contributed by atoms with E-state index in [0.717, 1.165) is 25.3 Å². The molecular weight excluding hydrogens is 200 g/mol. The van der Waals surface area contributed by atoms with Crippen molar-refractivity contribution in [2.24, 2.45) is 0 Å². The first-order valence-electron chi connectivity index (χ1n) is 5.94. The van der Waals surface area contributed by atoms with E-state index in [-0.39, 0.29) is 0 Å². The summed E-state index contributed by atoms with van der Waals surface area (Å²) >= 11 is 0. The van der Waals surface area contributed by atoms with Gasteiger partial charge in [0.1, 0.15) is 0 Å². The number of hydrogen-bond acceptors (Lipinski definition) is 2. The predicted molar refractivity (Wildman–Crippen MR) is 64.4 cm³/mol. The van der Waals surface area contributed by atoms with E-state index in [1.807, 2.05) is 0 Å². The summed E-state index contributed by atoms with van der Waals surface area (Å²) in [5.74, 6) is 0. The van der Waals surface area contributed by atoms with E-state index in [0.29, 0.717) is 6.04 Å². The smallest absolute Gasteiger partial charge is 0.162 e. The quantitative estimate of drug-likeness (QED) is 0.793. The number of hydrogen-bond donors (Lipinski definition) is 1. The second-order valence-corrected chi connectivity index (χ2v) is 4.94. The van der Waals surface area contributed by atoms with Gasteiger partial charge < -0.3 is 4.57 Å². The Hall–Kier alpha value is -1.29. The number of rotatable bonds is 1. The molecule has 3 rings (SSSR count). The lowest BCUT2D eigenvalue weighted by Gasteiger charge is -2.31. The third-order valence-electron chi connectivity index (χ3n) is 3.59. The number of aromatic amines is 1. The van der Waals surface area contributed by atoms with Crippen molar-refractivity contribution in [1.82, 2.24) is 19.7 Å². The van der Waals surface area contributed by atoms with Gasteiger partial charge in [-0.1, -0.05) is 0 Å². The number of aryl methyl sites for hydroxylation is 1. The molecule has 0 unspecified atom stereocenters. The van der Waals surface area contributed by atoms with Gasteiger partial charge in [-0.25, -0.2) is 0 Å². The van der Waals surface area contributed by atoms with Crippen molar-refractivity contribution in [3.63, 3.8) is 0 Å². The molecule has 2 aromatic rings. The maximum absolute atomic E-state index is 4.38. The van der Waals surface area contributed by atoms with Gasteiger partial charge in [-0.2, -0.15) is 5.10 Å². The van der Waals surface area contributed by atoms with Crippen molar-refractivity contribution >= 4 is 11.0 Å². The number of nitrogens with zero attached hydrogens (tertiary/aromatic N) is 3. The number of fused-ring (bicyclic) bond motifs is 3. The van der Waals surface area contributed by atoms with Crippen LogP contribution in [0.2, 0.25) is 0 Å². The molecule has 0 radical (unpaired) electrons. The fourth-order valence-corrected chi connectivity index (χ4v) is 2.52. The Morgan fingerprint density at radius 2 is 2.19 bits per heavy atom. The Labute approximate surface area is 95.2 Å². The number of aromatic nitrogens is 3. The molecule has 4 nitrogen and oxygen atoms in total. The fourth-order valence-electron chi connectivity index (χ4n) is 2.52. The molecule has 1 aliphatic rings. The average molecular weight is 218 g/mol. The lowest BCUT2D eigenvalue weighted by Crippen LogP contribution is -2.38. The van der Waals surface area contributed by atoms with Crippen LogP contribution < -0.4 is 0 Å². The molecular formula is C12H18N4. The van der Waals surface area contributed by atoms with E-state index in [2.05, 4.69) is 46.5 Å². The summed E-state index contributed by atoms with van der Waals surface area (Å²) in [5, 5.41) is 8.72. The maximum atomic E-state index is 4.38. The van der Waals surface area contributed by atoms with E-state index >= 15 is 0 Å². The van der Waals surface area contributed by atoms with E-state index in [4.69, 9.17) is 0 Å². The molecule has 1 aliphatic heterocycles. The highest BCUT2D eigenvalue weighted by Gasteiger charge is 2.21. The molecule has 2 aromatic heterocycles. The van der Waals surface area contributed by atoms with E-state index in [1.54, 1.807) is 0 Å². The van der Waals surface area contributed by atoms with Crippen LogP contribution in [0.3, 0.4) is 0 Å². The third kappa shape index (κ3) is 1.29. The second-order valence-electron chi connectivity index (χ2n) is 4.94. The van der Waals surface area contributed by atoms with Gasteiger partial charge >= 0.3 is 0 Å². The molecule has 16 heavy (non-hydrogen) atoms. The van der Waals surface area contributed by atoms with Crippen LogP contribution in [-0.2, 0) is 13.1 Å². The topological polar surface area (TPSA) is 36.9 Å². The minimum atomic E-state index is 0.624. The van der Waals surface area contributed by atoms with Gasteiger partial charge in [0.25, 0.3) is 0 Å². The minimum absolute atomic E-state index is 0.624. The number of nitrogens with one attached hydrogen (secondary N) is 1. The molecule has 0 amide bonds. The highest BCUT2D eigenvalue weighted by Crippen LogP contribution is 2.25. The summed E-state index contributed by atoms with van der Waals surface area (Å²) in [4.78, 5) is 2.51. The Kier molecular flexibility index (Phi) is 2.07. The summed E-state index contributed by atoms with van der Waals surface area (Å²) in [7, 11) is 0. The van der Waals surface area contributed by atoms with Crippen molar-refractivity contribution in [3.8, 4) is 0 Å². The van der Waals surface area contributed by atoms with Crippen LogP contribution in [0.25, 0.3) is 11.0 Å². The maximum Gasteiger partial charge on any atom is 0.162 e. The predicted octanol–water partition coefficient (Wildman–Crippen LogP) is 1.90. The van der Waals surface area contributed by atoms with Crippen LogP contribution in [0.4, 0.5) is 0 Å². The van der Waals surface area contributed by atoms with Gasteiger partial charge in [0.05, 0.1) is 0 Å². The highest BCUT2D eigenvalue weighted by atomic mass is 15.3. The minimum Gasteiger partial charge on any atom is -0.326 e. The lowest BCUT2D eigenvalue weighted by atomic mass is 10.2. The Bertz CT molecular complexity index is 520. The molecule has 86 valence electrons. The van der Waals surface area contributed by atoms with Gasteiger partial charge in [-0.3, -0.25) is 10.00 Å². The van der Waals surface area contributed by atoms with Crippen LogP contribution >= 0.6 is 0 Å². The zero-order valence-corrected chi connectivity index (χ0v) is 10.1. The van der Waals surface area contributed by atoms with Crippen molar-refractivity contribution in [3.05, 3.63) is 17.5 Å². The van der Waals surface area contributed by atoms with Crippen LogP contribution in [0.1, 0.15) is 25.2 Å². The Morgan fingerprint density at radius 3 is 2.94 bits per heavy atom. The summed E-state index contributed by atoms with van der Waals surface area (Å²) in [6.07, 6.45) is 0. The molecule has 0 fully saturated rings. The van der Waals surface area contributed by atoms with Crippen molar-refractivity contribution < 1.29 is 0 Å². The van der Waals surface area contributed by atoms with Crippen molar-refractivity contribution in [1.29, 1.82) is 0 Å². The first kappa shape index (κ1) is 9.90. The molecule has 1 N–H and O–H groups in total. The molecule has 0 atom stereocenters. The summed E-state index contributed by atoms with van der Waals surface area (Å²) in [6.45, 7) is 9.84. The molecule has 0 bridgehead atoms. The van der Waals surface area contributed by atoms with Crippen LogP contribution in [0.5, 0.6) is 0 Å². The number of H-pyrrole nitrogens is 1. The molecule has 0 aromatic carbocycles. The van der Waals surface area contributed by atoms with Crippen LogP contribution in [-0.4, -0.2) is 32.3 Å². The molecule has 3 heterocycles. The second kappa shape index (κ2) is 3.35. The van der Waals surface area contributed by atoms with Gasteiger partial charge in [0.2, 0.25) is 0 Å². The van der Waals surface area contributed by atoms with Gasteiger partial charge in [-0.15, -0.1) is 0 Å². The van der Waals surface area contributed by atoms with Crippen LogP contribution in [0, 0.1) is 6.92 Å². The summed E-state index contributed by atoms with van der Waals surface area (Å²) in [5.41, 5.74) is 3.69. The first-order chi connectivity index (χ1) is 7.66. The van der Waals surface area contributed by atoms with Crippen molar-refractivity contribution in [2.75, 3.05) is 6.54 Å². The molecule has 0 spiro atoms. The molecule has 0 saturated carbocycles. The average Bonchev–Trinajstić information content (AvgIpc) is 2.78. The molecule has 4 heteroatoms. The monoisotopic (exact) mass is 218 g/mol. The van der Waals surface area contributed by atoms with E-state index < -0.39 is 0 Å². The Balaban J connectivity index is 2.05. The standard InChI is InChI=1S/C12H18N4/c1-8(2)15-4-5-16-10(7-15)6-11-9(3)13-14-12(11)16/h6,8H,4-5,7H2,1-3H3,(H,13,14). The largest absolute Gasteiger partial charge is 0.326 e. The first-order valence-corrected chi connectivity index (χ1v) is 5.94. The third-order valence-corrected chi connectivity index (χ3v) is 3.59. The lowest BCUT2D eigenvalue weighted by molar-refractivity contribution is 0.178. The summed E-state index contributed by atoms with van der Waals surface area (Å²) < 4.78 is 2.34. The van der Waals surface area contributed by atoms with Gasteiger partial charge in [0, 0.05) is 42.5 Å². The van der Waals surface area contributed by atoms with E-state index in [1.165, 1.54) is 16.8 Å². The zero-order chi connectivity index (χ0) is 11.3. The summed E-state index contributed by atoms with van der Waals surface area (Å²) in [6, 6.07) is 2.90. The fraction of sp³-hybridized carbons (Fsp3) is 0.583. The Morgan fingerprint density at radius 1 is 1.38 bits per heavy atom. The van der Waals surface area contributed by atoms with Gasteiger partial charge in [0.15, 0.2) is 5.65 Å².